The SMILES string of the molecule is CC(C)(C)c1ccc(/C(Br)=C/C=O)cc1. The van der Waals surface area contributed by atoms with Crippen molar-refractivity contribution in [2.24, 2.45) is 0 Å². The van der Waals surface area contributed by atoms with Crippen molar-refractivity contribution in [3.05, 3.63) is 41.5 Å². The predicted molar refractivity (Wildman–Crippen MR) is 68.1 cm³/mol. The van der Waals surface area contributed by atoms with Crippen LogP contribution in [0.1, 0.15) is 31.9 Å². The van der Waals surface area contributed by atoms with Gasteiger partial charge in [0.2, 0.25) is 0 Å². The topological polar surface area (TPSA) is 17.1 Å². The second-order valence-electron chi connectivity index (χ2n) is 4.48. The molecule has 0 bridgehead atoms. The molecule has 0 N–H and O–H groups in total. The number of hydrogen-bond acceptors (Lipinski definition) is 1. The zero-order valence-electron chi connectivity index (χ0n) is 9.25. The lowest BCUT2D eigenvalue weighted by atomic mass is 9.87. The average molecular weight is 267 g/mol. The average Bonchev–Trinajstić information content (AvgIpc) is 2.17. The summed E-state index contributed by atoms with van der Waals surface area (Å²) in [5.74, 6) is 0. The Bertz CT molecular complexity index is 369. The summed E-state index contributed by atoms with van der Waals surface area (Å²) in [6.45, 7) is 6.54. The number of benzene rings is 1. The van der Waals surface area contributed by atoms with Gasteiger partial charge in [0.25, 0.3) is 0 Å². The van der Waals surface area contributed by atoms with Crippen molar-refractivity contribution in [2.75, 3.05) is 0 Å². The predicted octanol–water partition coefficient (Wildman–Crippen LogP) is 3.92. The highest BCUT2D eigenvalue weighted by molar-refractivity contribution is 9.15. The molecule has 1 aromatic rings. The summed E-state index contributed by atoms with van der Waals surface area (Å²) in [5, 5.41) is 0. The van der Waals surface area contributed by atoms with Crippen molar-refractivity contribution < 1.29 is 4.79 Å². The number of carbonyl (C=O) groups excluding carboxylic acids is 1. The van der Waals surface area contributed by atoms with Gasteiger partial charge in [0.1, 0.15) is 6.29 Å². The van der Waals surface area contributed by atoms with Crippen molar-refractivity contribution in [3.63, 3.8) is 0 Å². The van der Waals surface area contributed by atoms with Gasteiger partial charge in [0, 0.05) is 4.48 Å². The van der Waals surface area contributed by atoms with E-state index in [2.05, 4.69) is 48.8 Å². The Balaban J connectivity index is 3.00. The summed E-state index contributed by atoms with van der Waals surface area (Å²) < 4.78 is 0.818. The first-order chi connectivity index (χ1) is 6.95. The highest BCUT2D eigenvalue weighted by Gasteiger charge is 2.12. The first-order valence-corrected chi connectivity index (χ1v) is 5.66. The zero-order chi connectivity index (χ0) is 11.5. The fourth-order valence-electron chi connectivity index (χ4n) is 1.29. The maximum atomic E-state index is 10.3. The van der Waals surface area contributed by atoms with Gasteiger partial charge in [-0.3, -0.25) is 4.79 Å². The highest BCUT2D eigenvalue weighted by atomic mass is 79.9. The van der Waals surface area contributed by atoms with Gasteiger partial charge < -0.3 is 0 Å². The van der Waals surface area contributed by atoms with Gasteiger partial charge in [-0.15, -0.1) is 0 Å². The molecule has 0 unspecified atom stereocenters. The van der Waals surface area contributed by atoms with Crippen molar-refractivity contribution in [1.29, 1.82) is 0 Å². The van der Waals surface area contributed by atoms with E-state index in [0.717, 1.165) is 16.3 Å². The van der Waals surface area contributed by atoms with Gasteiger partial charge in [-0.25, -0.2) is 0 Å². The molecule has 0 radical (unpaired) electrons. The third kappa shape index (κ3) is 3.31. The first-order valence-electron chi connectivity index (χ1n) is 4.87. The summed E-state index contributed by atoms with van der Waals surface area (Å²) in [5.41, 5.74) is 2.48. The Morgan fingerprint density at radius 1 is 1.20 bits per heavy atom. The molecule has 0 aliphatic carbocycles. The minimum atomic E-state index is 0.166. The number of allylic oxidation sites excluding steroid dienone is 1. The molecule has 1 rings (SSSR count). The Morgan fingerprint density at radius 3 is 2.13 bits per heavy atom. The van der Waals surface area contributed by atoms with E-state index in [9.17, 15) is 4.79 Å². The van der Waals surface area contributed by atoms with E-state index in [4.69, 9.17) is 0 Å². The van der Waals surface area contributed by atoms with Crippen LogP contribution < -0.4 is 0 Å². The molecule has 0 spiro atoms. The molecule has 1 aromatic carbocycles. The molecule has 0 fully saturated rings. The molecule has 0 amide bonds. The maximum absolute atomic E-state index is 10.3. The van der Waals surface area contributed by atoms with Crippen molar-refractivity contribution >= 4 is 26.7 Å². The fraction of sp³-hybridized carbons (Fsp3) is 0.308. The van der Waals surface area contributed by atoms with E-state index in [1.165, 1.54) is 11.6 Å². The zero-order valence-corrected chi connectivity index (χ0v) is 10.8. The Hall–Kier alpha value is -0.890. The van der Waals surface area contributed by atoms with Gasteiger partial charge in [0.15, 0.2) is 0 Å². The van der Waals surface area contributed by atoms with Crippen LogP contribution in [0.4, 0.5) is 0 Å². The third-order valence-electron chi connectivity index (χ3n) is 2.24. The van der Waals surface area contributed by atoms with Crippen LogP contribution in [-0.2, 0) is 10.2 Å². The third-order valence-corrected chi connectivity index (χ3v) is 2.96. The van der Waals surface area contributed by atoms with Crippen LogP contribution in [0.15, 0.2) is 30.3 Å². The number of carbonyl (C=O) groups is 1. The van der Waals surface area contributed by atoms with E-state index < -0.39 is 0 Å². The molecule has 0 aliphatic heterocycles. The molecule has 15 heavy (non-hydrogen) atoms. The minimum Gasteiger partial charge on any atom is -0.299 e. The molecular formula is C13H15BrO. The molecule has 2 heteroatoms. The van der Waals surface area contributed by atoms with Crippen molar-refractivity contribution in [3.8, 4) is 0 Å². The molecule has 0 aliphatic rings. The normalized spacial score (nSPS) is 12.7. The standard InChI is InChI=1S/C13H15BrO/c1-13(2,3)11-6-4-10(5-7-11)12(14)8-9-15/h4-9H,1-3H3/b12-8-. The van der Waals surface area contributed by atoms with E-state index >= 15 is 0 Å². The van der Waals surface area contributed by atoms with Gasteiger partial charge in [-0.05, 0) is 22.6 Å². The number of aldehydes is 1. The molecule has 0 saturated carbocycles. The lowest BCUT2D eigenvalue weighted by molar-refractivity contribution is -0.104. The van der Waals surface area contributed by atoms with E-state index in [1.54, 1.807) is 0 Å². The van der Waals surface area contributed by atoms with Crippen LogP contribution in [0, 0.1) is 0 Å². The van der Waals surface area contributed by atoms with E-state index in [0.29, 0.717) is 0 Å². The number of rotatable bonds is 2. The second kappa shape index (κ2) is 4.75. The number of halogens is 1. The van der Waals surface area contributed by atoms with Crippen LogP contribution in [-0.4, -0.2) is 6.29 Å². The van der Waals surface area contributed by atoms with Crippen LogP contribution >= 0.6 is 15.9 Å². The highest BCUT2D eigenvalue weighted by Crippen LogP contribution is 2.26. The monoisotopic (exact) mass is 266 g/mol. The van der Waals surface area contributed by atoms with Gasteiger partial charge in [-0.1, -0.05) is 61.0 Å². The second-order valence-corrected chi connectivity index (χ2v) is 5.33. The van der Waals surface area contributed by atoms with Gasteiger partial charge >= 0.3 is 0 Å². The number of hydrogen-bond donors (Lipinski definition) is 0. The lowest BCUT2D eigenvalue weighted by Gasteiger charge is -2.19. The first kappa shape index (κ1) is 12.2. The summed E-state index contributed by atoms with van der Waals surface area (Å²) in [6.07, 6.45) is 2.29. The summed E-state index contributed by atoms with van der Waals surface area (Å²) in [6, 6.07) is 8.22. The maximum Gasteiger partial charge on any atom is 0.143 e. The molecular weight excluding hydrogens is 252 g/mol. The summed E-state index contributed by atoms with van der Waals surface area (Å²) in [7, 11) is 0. The van der Waals surface area contributed by atoms with Crippen LogP contribution in [0.5, 0.6) is 0 Å². The molecule has 1 nitrogen and oxygen atoms in total. The Labute approximate surface area is 99.3 Å². The quantitative estimate of drug-likeness (QED) is 0.586. The van der Waals surface area contributed by atoms with Gasteiger partial charge in [-0.2, -0.15) is 0 Å². The van der Waals surface area contributed by atoms with Crippen molar-refractivity contribution in [1.82, 2.24) is 0 Å². The van der Waals surface area contributed by atoms with Crippen LogP contribution in [0.25, 0.3) is 4.48 Å². The van der Waals surface area contributed by atoms with Crippen molar-refractivity contribution in [2.45, 2.75) is 26.2 Å². The molecule has 0 aromatic heterocycles. The smallest absolute Gasteiger partial charge is 0.143 e. The van der Waals surface area contributed by atoms with E-state index in [1.807, 2.05) is 12.1 Å². The van der Waals surface area contributed by atoms with Crippen LogP contribution in [0.2, 0.25) is 0 Å². The van der Waals surface area contributed by atoms with Gasteiger partial charge in [0.05, 0.1) is 0 Å². The van der Waals surface area contributed by atoms with Crippen LogP contribution in [0.3, 0.4) is 0 Å². The molecule has 80 valence electrons. The Kier molecular flexibility index (Phi) is 3.86. The van der Waals surface area contributed by atoms with E-state index in [-0.39, 0.29) is 5.41 Å². The summed E-state index contributed by atoms with van der Waals surface area (Å²) >= 11 is 3.35. The lowest BCUT2D eigenvalue weighted by Crippen LogP contribution is -2.10. The minimum absolute atomic E-state index is 0.166. The fourth-order valence-corrected chi connectivity index (χ4v) is 1.66. The molecule has 0 heterocycles. The molecule has 0 atom stereocenters. The largest absolute Gasteiger partial charge is 0.299 e. The Morgan fingerprint density at radius 2 is 1.73 bits per heavy atom. The molecule has 0 saturated heterocycles. The summed E-state index contributed by atoms with van der Waals surface area (Å²) in [4.78, 5) is 10.3.